The van der Waals surface area contributed by atoms with Crippen LogP contribution in [0.25, 0.3) is 0 Å². The van der Waals surface area contributed by atoms with Gasteiger partial charge in [-0.05, 0) is 18.6 Å². The summed E-state index contributed by atoms with van der Waals surface area (Å²) in [7, 11) is 0. The zero-order chi connectivity index (χ0) is 7.98. The van der Waals surface area contributed by atoms with Gasteiger partial charge in [0.1, 0.15) is 5.44 Å². The summed E-state index contributed by atoms with van der Waals surface area (Å²) < 4.78 is 24.1. The predicted molar refractivity (Wildman–Crippen MR) is 45.9 cm³/mol. The molecule has 0 heterocycles. The summed E-state index contributed by atoms with van der Waals surface area (Å²) in [6, 6.07) is 0. The molecule has 0 bridgehead atoms. The highest BCUT2D eigenvalue weighted by Gasteiger charge is 2.01. The molecule has 3 nitrogen and oxygen atoms in total. The first-order chi connectivity index (χ1) is 4.66. The lowest BCUT2D eigenvalue weighted by molar-refractivity contribution is 0.269. The van der Waals surface area contributed by atoms with Crippen LogP contribution in [-0.4, -0.2) is 20.0 Å². The summed E-state index contributed by atoms with van der Waals surface area (Å²) in [5, 5.41) is 0. The molecule has 0 aliphatic heterocycles. The molecule has 0 saturated heterocycles. The van der Waals surface area contributed by atoms with Crippen LogP contribution in [0, 0.1) is 0 Å². The van der Waals surface area contributed by atoms with E-state index in [0.717, 1.165) is 6.42 Å². The third-order valence-electron chi connectivity index (χ3n) is 0.799. The third kappa shape index (κ3) is 6.88. The molecule has 0 aliphatic rings. The van der Waals surface area contributed by atoms with E-state index in [2.05, 4.69) is 29.4 Å². The fourth-order valence-electron chi connectivity index (χ4n) is 0.405. The average molecular weight is 201 g/mol. The van der Waals surface area contributed by atoms with E-state index in [9.17, 15) is 8.76 Å². The molecule has 0 aromatic rings. The molecule has 0 N–H and O–H groups in total. The number of thiol groups is 2. The van der Waals surface area contributed by atoms with Crippen LogP contribution in [0.3, 0.4) is 0 Å². The van der Waals surface area contributed by atoms with Crippen molar-refractivity contribution in [3.05, 3.63) is 0 Å². The Morgan fingerprint density at radius 3 is 2.70 bits per heavy atom. The van der Waals surface area contributed by atoms with Crippen molar-refractivity contribution in [1.82, 2.24) is 0 Å². The lowest BCUT2D eigenvalue weighted by Gasteiger charge is -2.11. The molecule has 0 rings (SSSR count). The smallest absolute Gasteiger partial charge is 0.116 e. The maximum atomic E-state index is 9.88. The van der Waals surface area contributed by atoms with Gasteiger partial charge in [-0.3, -0.25) is 4.18 Å². The van der Waals surface area contributed by atoms with Crippen LogP contribution in [-0.2, 0) is 15.5 Å². The van der Waals surface area contributed by atoms with Gasteiger partial charge in [-0.25, -0.2) is 4.21 Å². The van der Waals surface area contributed by atoms with Crippen molar-refractivity contribution in [2.24, 2.45) is 0 Å². The first kappa shape index (κ1) is 10.8. The molecule has 6 heteroatoms. The minimum Gasteiger partial charge on any atom is -0.750 e. The molecular formula is C4H9O3S3-. The molecule has 0 aromatic heterocycles. The van der Waals surface area contributed by atoms with Crippen molar-refractivity contribution in [2.45, 2.75) is 18.3 Å². The molecule has 62 valence electrons. The van der Waals surface area contributed by atoms with Gasteiger partial charge in [0.25, 0.3) is 0 Å². The summed E-state index contributed by atoms with van der Waals surface area (Å²) in [5.74, 6) is 0.714. The van der Waals surface area contributed by atoms with Gasteiger partial charge in [0.2, 0.25) is 0 Å². The van der Waals surface area contributed by atoms with Crippen molar-refractivity contribution < 1.29 is 12.9 Å². The maximum absolute atomic E-state index is 9.88. The Hall–Kier alpha value is 0.770. The van der Waals surface area contributed by atoms with Crippen LogP contribution in [0.1, 0.15) is 12.8 Å². The van der Waals surface area contributed by atoms with Crippen LogP contribution in [0.15, 0.2) is 0 Å². The molecule has 0 saturated carbocycles. The van der Waals surface area contributed by atoms with E-state index in [1.807, 2.05) is 0 Å². The van der Waals surface area contributed by atoms with Crippen molar-refractivity contribution in [2.75, 3.05) is 5.75 Å². The SMILES string of the molecule is O=S([O-])OC(S)CCCS. The Kier molecular flexibility index (Phi) is 6.98. The molecule has 0 amide bonds. The van der Waals surface area contributed by atoms with Gasteiger partial charge in [0, 0.05) is 0 Å². The quantitative estimate of drug-likeness (QED) is 0.392. The second kappa shape index (κ2) is 6.48. The molecule has 0 aromatic carbocycles. The third-order valence-corrected chi connectivity index (χ3v) is 2.01. The summed E-state index contributed by atoms with van der Waals surface area (Å²) in [4.78, 5) is 0. The van der Waals surface area contributed by atoms with E-state index >= 15 is 0 Å². The van der Waals surface area contributed by atoms with Gasteiger partial charge in [-0.15, -0.1) is 12.6 Å². The summed E-state index contributed by atoms with van der Waals surface area (Å²) in [5.41, 5.74) is -0.523. The number of hydrogen-bond donors (Lipinski definition) is 2. The molecule has 0 spiro atoms. The van der Waals surface area contributed by atoms with E-state index in [1.165, 1.54) is 0 Å². The predicted octanol–water partition coefficient (Wildman–Crippen LogP) is 0.763. The highest BCUT2D eigenvalue weighted by Crippen LogP contribution is 2.07. The van der Waals surface area contributed by atoms with Gasteiger partial charge in [0.15, 0.2) is 0 Å². The van der Waals surface area contributed by atoms with E-state index in [1.54, 1.807) is 0 Å². The fourth-order valence-corrected chi connectivity index (χ4v) is 1.26. The Morgan fingerprint density at radius 1 is 1.70 bits per heavy atom. The van der Waals surface area contributed by atoms with Crippen molar-refractivity contribution >= 4 is 36.6 Å². The molecule has 0 aliphatic carbocycles. The second-order valence-electron chi connectivity index (χ2n) is 1.62. The molecule has 0 radical (unpaired) electrons. The van der Waals surface area contributed by atoms with Crippen LogP contribution in [0.5, 0.6) is 0 Å². The average Bonchev–Trinajstić information content (AvgIpc) is 1.82. The van der Waals surface area contributed by atoms with Gasteiger partial charge < -0.3 is 4.55 Å². The molecule has 10 heavy (non-hydrogen) atoms. The normalized spacial score (nSPS) is 16.7. The second-order valence-corrected chi connectivity index (χ2v) is 3.24. The zero-order valence-electron chi connectivity index (χ0n) is 5.23. The first-order valence-corrected chi connectivity index (χ1v) is 4.87. The van der Waals surface area contributed by atoms with Crippen LogP contribution >= 0.6 is 25.3 Å². The van der Waals surface area contributed by atoms with Crippen molar-refractivity contribution in [3.63, 3.8) is 0 Å². The van der Waals surface area contributed by atoms with Gasteiger partial charge in [0.05, 0.1) is 11.4 Å². The standard InChI is InChI=1S/C4H10O3S3/c5-10(6)7-4(9)2-1-3-8/h4,8-9H,1-3H2,(H,5,6)/p-1. The lowest BCUT2D eigenvalue weighted by atomic mass is 10.4. The van der Waals surface area contributed by atoms with Crippen LogP contribution in [0.4, 0.5) is 0 Å². The highest BCUT2D eigenvalue weighted by atomic mass is 32.2. The largest absolute Gasteiger partial charge is 0.750 e. The maximum Gasteiger partial charge on any atom is 0.116 e. The highest BCUT2D eigenvalue weighted by molar-refractivity contribution is 7.82. The molecule has 2 unspecified atom stereocenters. The van der Waals surface area contributed by atoms with E-state index in [4.69, 9.17) is 0 Å². The molecule has 0 fully saturated rings. The van der Waals surface area contributed by atoms with E-state index in [0.29, 0.717) is 12.2 Å². The summed E-state index contributed by atoms with van der Waals surface area (Å²) in [6.07, 6.45) is 1.40. The Bertz CT molecular complexity index is 108. The monoisotopic (exact) mass is 201 g/mol. The minimum absolute atomic E-state index is 0.523. The summed E-state index contributed by atoms with van der Waals surface area (Å²) >= 11 is 5.35. The first-order valence-electron chi connectivity index (χ1n) is 2.72. The van der Waals surface area contributed by atoms with Gasteiger partial charge >= 0.3 is 0 Å². The Balaban J connectivity index is 3.25. The van der Waals surface area contributed by atoms with Gasteiger partial charge in [-0.2, -0.15) is 12.6 Å². The molecule has 2 atom stereocenters. The summed E-state index contributed by atoms with van der Waals surface area (Å²) in [6.45, 7) is 0. The number of rotatable bonds is 5. The van der Waals surface area contributed by atoms with Crippen LogP contribution in [0.2, 0.25) is 0 Å². The van der Waals surface area contributed by atoms with Crippen molar-refractivity contribution in [1.29, 1.82) is 0 Å². The van der Waals surface area contributed by atoms with Crippen molar-refractivity contribution in [3.8, 4) is 0 Å². The molecular weight excluding hydrogens is 192 g/mol. The fraction of sp³-hybridized carbons (Fsp3) is 1.00. The topological polar surface area (TPSA) is 49.4 Å². The Labute approximate surface area is 73.8 Å². The zero-order valence-corrected chi connectivity index (χ0v) is 7.83. The van der Waals surface area contributed by atoms with Gasteiger partial charge in [-0.1, -0.05) is 0 Å². The van der Waals surface area contributed by atoms with Crippen LogP contribution < -0.4 is 0 Å². The lowest BCUT2D eigenvalue weighted by Crippen LogP contribution is -2.07. The Morgan fingerprint density at radius 2 is 2.30 bits per heavy atom. The van der Waals surface area contributed by atoms with E-state index in [-0.39, 0.29) is 0 Å². The number of hydrogen-bond acceptors (Lipinski definition) is 5. The van der Waals surface area contributed by atoms with E-state index < -0.39 is 16.8 Å². The minimum atomic E-state index is -2.45.